The van der Waals surface area contributed by atoms with Crippen molar-refractivity contribution in [1.29, 1.82) is 0 Å². The summed E-state index contributed by atoms with van der Waals surface area (Å²) in [6, 6.07) is 28.1. The number of carbonyl (C=O) groups excluding carboxylic acids is 2. The van der Waals surface area contributed by atoms with Gasteiger partial charge in [-0.05, 0) is 59.2 Å². The zero-order valence-electron chi connectivity index (χ0n) is 19.0. The molecular formula is C29H24F2N2O2. The molecule has 0 atom stereocenters. The van der Waals surface area contributed by atoms with Crippen LogP contribution in [0.3, 0.4) is 0 Å². The maximum atomic E-state index is 13.8. The first-order valence-corrected chi connectivity index (χ1v) is 11.2. The van der Waals surface area contributed by atoms with Gasteiger partial charge >= 0.3 is 0 Å². The van der Waals surface area contributed by atoms with Gasteiger partial charge in [0.1, 0.15) is 11.6 Å². The molecule has 0 saturated heterocycles. The van der Waals surface area contributed by atoms with Crippen molar-refractivity contribution in [2.45, 2.75) is 19.5 Å². The molecule has 4 aromatic rings. The van der Waals surface area contributed by atoms with Crippen LogP contribution in [-0.2, 0) is 24.3 Å². The van der Waals surface area contributed by atoms with E-state index in [0.29, 0.717) is 17.8 Å². The van der Waals surface area contributed by atoms with Crippen molar-refractivity contribution < 1.29 is 18.4 Å². The van der Waals surface area contributed by atoms with Crippen molar-refractivity contribution in [1.82, 2.24) is 5.32 Å². The summed E-state index contributed by atoms with van der Waals surface area (Å²) >= 11 is 0. The highest BCUT2D eigenvalue weighted by molar-refractivity contribution is 6.06. The molecule has 0 heterocycles. The third-order valence-corrected chi connectivity index (χ3v) is 5.49. The molecule has 2 amide bonds. The summed E-state index contributed by atoms with van der Waals surface area (Å²) in [6.45, 7) is 0.577. The molecule has 0 aliphatic rings. The van der Waals surface area contributed by atoms with Crippen LogP contribution in [0.2, 0.25) is 0 Å². The predicted molar refractivity (Wildman–Crippen MR) is 132 cm³/mol. The van der Waals surface area contributed by atoms with E-state index < -0.39 is 11.7 Å². The van der Waals surface area contributed by atoms with Gasteiger partial charge in [0.25, 0.3) is 5.91 Å². The third kappa shape index (κ3) is 6.60. The Morgan fingerprint density at radius 2 is 1.40 bits per heavy atom. The number of nitrogens with zero attached hydrogens (tertiary/aromatic N) is 1. The van der Waals surface area contributed by atoms with Gasteiger partial charge in [-0.1, -0.05) is 60.7 Å². The van der Waals surface area contributed by atoms with E-state index in [9.17, 15) is 18.4 Å². The smallest absolute Gasteiger partial charge is 0.258 e. The van der Waals surface area contributed by atoms with Crippen LogP contribution < -0.4 is 10.2 Å². The summed E-state index contributed by atoms with van der Waals surface area (Å²) in [5.74, 6) is -1.44. The molecule has 0 aliphatic carbocycles. The van der Waals surface area contributed by atoms with Crippen molar-refractivity contribution in [2.75, 3.05) is 4.90 Å². The fourth-order valence-corrected chi connectivity index (χ4v) is 3.71. The average molecular weight is 471 g/mol. The number of rotatable bonds is 8. The van der Waals surface area contributed by atoms with Crippen molar-refractivity contribution in [3.8, 4) is 0 Å². The molecule has 0 unspecified atom stereocenters. The zero-order chi connectivity index (χ0) is 24.6. The minimum absolute atomic E-state index is 0.138. The fraction of sp³-hybridized carbons (Fsp3) is 0.103. The zero-order valence-corrected chi connectivity index (χ0v) is 19.0. The minimum atomic E-state index is -0.513. The lowest BCUT2D eigenvalue weighted by molar-refractivity contribution is -0.120. The van der Waals surface area contributed by atoms with Crippen molar-refractivity contribution in [3.63, 3.8) is 0 Å². The molecule has 0 fully saturated rings. The molecule has 4 aromatic carbocycles. The molecule has 4 nitrogen and oxygen atoms in total. The summed E-state index contributed by atoms with van der Waals surface area (Å²) < 4.78 is 27.2. The second-order valence-corrected chi connectivity index (χ2v) is 8.14. The number of hydrogen-bond acceptors (Lipinski definition) is 2. The number of amides is 2. The average Bonchev–Trinajstić information content (AvgIpc) is 2.87. The van der Waals surface area contributed by atoms with Gasteiger partial charge in [0, 0.05) is 17.8 Å². The van der Waals surface area contributed by atoms with Crippen molar-refractivity contribution >= 4 is 17.5 Å². The van der Waals surface area contributed by atoms with Gasteiger partial charge in [0.2, 0.25) is 5.91 Å². The molecule has 1 N–H and O–H groups in total. The molecular weight excluding hydrogens is 446 g/mol. The van der Waals surface area contributed by atoms with E-state index in [0.717, 1.165) is 11.1 Å². The Bertz CT molecular complexity index is 1310. The van der Waals surface area contributed by atoms with Gasteiger partial charge in [-0.15, -0.1) is 0 Å². The van der Waals surface area contributed by atoms with E-state index in [4.69, 9.17) is 0 Å². The van der Waals surface area contributed by atoms with E-state index in [1.165, 1.54) is 35.2 Å². The van der Waals surface area contributed by atoms with Gasteiger partial charge in [-0.25, -0.2) is 8.78 Å². The first-order valence-electron chi connectivity index (χ1n) is 11.2. The number of nitrogens with one attached hydrogen (secondary N) is 1. The van der Waals surface area contributed by atoms with Crippen LogP contribution in [0, 0.1) is 11.6 Å². The number of anilines is 1. The maximum absolute atomic E-state index is 13.8. The number of hydrogen-bond donors (Lipinski definition) is 1. The van der Waals surface area contributed by atoms with Gasteiger partial charge in [-0.2, -0.15) is 0 Å². The van der Waals surface area contributed by atoms with Crippen LogP contribution in [0.5, 0.6) is 0 Å². The van der Waals surface area contributed by atoms with Gasteiger partial charge in [0.05, 0.1) is 13.0 Å². The molecule has 176 valence electrons. The quantitative estimate of drug-likeness (QED) is 0.361. The monoisotopic (exact) mass is 470 g/mol. The van der Waals surface area contributed by atoms with Crippen LogP contribution in [0.4, 0.5) is 14.5 Å². The van der Waals surface area contributed by atoms with Crippen LogP contribution in [-0.4, -0.2) is 11.8 Å². The third-order valence-electron chi connectivity index (χ3n) is 5.49. The SMILES string of the molecule is O=C(Cc1cccc(N(Cc2ccc(F)cc2)C(=O)c2cccc(F)c2)c1)NCc1ccccc1. The van der Waals surface area contributed by atoms with E-state index >= 15 is 0 Å². The summed E-state index contributed by atoms with van der Waals surface area (Å²) in [5.41, 5.74) is 3.18. The number of carbonyl (C=O) groups is 2. The Morgan fingerprint density at radius 3 is 2.14 bits per heavy atom. The Morgan fingerprint density at radius 1 is 0.686 bits per heavy atom. The van der Waals surface area contributed by atoms with Gasteiger partial charge < -0.3 is 10.2 Å². The minimum Gasteiger partial charge on any atom is -0.352 e. The lowest BCUT2D eigenvalue weighted by Gasteiger charge is -2.24. The molecule has 0 spiro atoms. The molecule has 0 aliphatic heterocycles. The molecule has 6 heteroatoms. The summed E-state index contributed by atoms with van der Waals surface area (Å²) in [5, 5.41) is 2.90. The highest BCUT2D eigenvalue weighted by Crippen LogP contribution is 2.23. The van der Waals surface area contributed by atoms with Crippen LogP contribution in [0.15, 0.2) is 103 Å². The summed E-state index contributed by atoms with van der Waals surface area (Å²) in [6.07, 6.45) is 0.138. The highest BCUT2D eigenvalue weighted by atomic mass is 19.1. The van der Waals surface area contributed by atoms with Crippen molar-refractivity contribution in [3.05, 3.63) is 137 Å². The fourth-order valence-electron chi connectivity index (χ4n) is 3.71. The first kappa shape index (κ1) is 23.8. The lowest BCUT2D eigenvalue weighted by Crippen LogP contribution is -2.30. The van der Waals surface area contributed by atoms with Crippen LogP contribution in [0.1, 0.15) is 27.0 Å². The van der Waals surface area contributed by atoms with E-state index in [2.05, 4.69) is 5.32 Å². The Labute approximate surface area is 202 Å². The Hall–Kier alpha value is -4.32. The number of halogens is 2. The standard InChI is InChI=1S/C29H24F2N2O2/c30-25-14-12-22(13-15-25)20-33(29(35)24-9-5-10-26(31)18-24)27-11-4-8-23(16-27)17-28(34)32-19-21-6-2-1-3-7-21/h1-16,18H,17,19-20H2,(H,32,34). The lowest BCUT2D eigenvalue weighted by atomic mass is 10.1. The van der Waals surface area contributed by atoms with E-state index in [-0.39, 0.29) is 30.3 Å². The summed E-state index contributed by atoms with van der Waals surface area (Å²) in [4.78, 5) is 27.4. The highest BCUT2D eigenvalue weighted by Gasteiger charge is 2.19. The second-order valence-electron chi connectivity index (χ2n) is 8.14. The summed E-state index contributed by atoms with van der Waals surface area (Å²) in [7, 11) is 0. The largest absolute Gasteiger partial charge is 0.352 e. The maximum Gasteiger partial charge on any atom is 0.258 e. The van der Waals surface area contributed by atoms with E-state index in [1.807, 2.05) is 36.4 Å². The molecule has 0 aromatic heterocycles. The normalized spacial score (nSPS) is 10.6. The predicted octanol–water partition coefficient (Wildman–Crippen LogP) is 5.67. The topological polar surface area (TPSA) is 49.4 Å². The van der Waals surface area contributed by atoms with Crippen molar-refractivity contribution in [2.24, 2.45) is 0 Å². The molecule has 4 rings (SSSR count). The van der Waals surface area contributed by atoms with Gasteiger partial charge in [0.15, 0.2) is 0 Å². The van der Waals surface area contributed by atoms with Crippen LogP contribution >= 0.6 is 0 Å². The first-order chi connectivity index (χ1) is 17.0. The molecule has 0 saturated carbocycles. The second kappa shape index (κ2) is 11.2. The number of benzene rings is 4. The Balaban J connectivity index is 1.55. The van der Waals surface area contributed by atoms with E-state index in [1.54, 1.807) is 36.4 Å². The van der Waals surface area contributed by atoms with Crippen LogP contribution in [0.25, 0.3) is 0 Å². The Kier molecular flexibility index (Phi) is 7.63. The molecule has 0 radical (unpaired) electrons. The van der Waals surface area contributed by atoms with Gasteiger partial charge in [-0.3, -0.25) is 9.59 Å². The molecule has 35 heavy (non-hydrogen) atoms. The molecule has 0 bridgehead atoms.